The molecule has 1 aliphatic heterocycles. The van der Waals surface area contributed by atoms with Gasteiger partial charge in [0.25, 0.3) is 5.91 Å². The van der Waals surface area contributed by atoms with Gasteiger partial charge in [-0.1, -0.05) is 42.5 Å². The summed E-state index contributed by atoms with van der Waals surface area (Å²) in [5.41, 5.74) is 3.45. The van der Waals surface area contributed by atoms with Gasteiger partial charge in [-0.25, -0.2) is 0 Å². The lowest BCUT2D eigenvalue weighted by Crippen LogP contribution is -2.43. The summed E-state index contributed by atoms with van der Waals surface area (Å²) in [7, 11) is 1.64. The summed E-state index contributed by atoms with van der Waals surface area (Å²) in [5.74, 6) is 0.687. The van der Waals surface area contributed by atoms with E-state index in [1.54, 1.807) is 7.11 Å². The first kappa shape index (κ1) is 21.9. The van der Waals surface area contributed by atoms with Crippen LogP contribution in [0.3, 0.4) is 0 Å². The Balaban J connectivity index is 1.47. The van der Waals surface area contributed by atoms with Crippen molar-refractivity contribution in [2.24, 2.45) is 0 Å². The van der Waals surface area contributed by atoms with E-state index in [4.69, 9.17) is 9.47 Å². The number of benzene rings is 3. The van der Waals surface area contributed by atoms with Crippen LogP contribution in [0.5, 0.6) is 5.75 Å². The zero-order valence-electron chi connectivity index (χ0n) is 18.3. The molecule has 0 radical (unpaired) electrons. The van der Waals surface area contributed by atoms with Crippen LogP contribution >= 0.6 is 0 Å². The highest BCUT2D eigenvalue weighted by atomic mass is 16.5. The SMILES string of the molecule is COc1ccc(Nc2ccccc2C(=O)NCC(c2ccccc2)N2CCOCC2)cc1. The van der Waals surface area contributed by atoms with Crippen molar-refractivity contribution in [2.45, 2.75) is 6.04 Å². The molecule has 4 rings (SSSR count). The molecule has 1 fully saturated rings. The van der Waals surface area contributed by atoms with Crippen molar-refractivity contribution < 1.29 is 14.3 Å². The number of amides is 1. The Kier molecular flexibility index (Phi) is 7.38. The second-order valence-corrected chi connectivity index (χ2v) is 7.68. The van der Waals surface area contributed by atoms with E-state index in [0.29, 0.717) is 25.3 Å². The third-order valence-electron chi connectivity index (χ3n) is 5.67. The number of anilines is 2. The number of hydrogen-bond acceptors (Lipinski definition) is 5. The van der Waals surface area contributed by atoms with Gasteiger partial charge in [0.2, 0.25) is 0 Å². The highest BCUT2D eigenvalue weighted by Gasteiger charge is 2.23. The first-order valence-electron chi connectivity index (χ1n) is 10.9. The van der Waals surface area contributed by atoms with E-state index in [1.165, 1.54) is 5.56 Å². The summed E-state index contributed by atoms with van der Waals surface area (Å²) in [6, 6.07) is 25.6. The lowest BCUT2D eigenvalue weighted by atomic mass is 10.0. The van der Waals surface area contributed by atoms with Gasteiger partial charge in [-0.05, 0) is 42.0 Å². The number of hydrogen-bond donors (Lipinski definition) is 2. The molecule has 1 saturated heterocycles. The molecule has 0 aliphatic carbocycles. The molecule has 1 unspecified atom stereocenters. The minimum absolute atomic E-state index is 0.101. The monoisotopic (exact) mass is 431 g/mol. The summed E-state index contributed by atoms with van der Waals surface area (Å²) in [4.78, 5) is 15.5. The quantitative estimate of drug-likeness (QED) is 0.559. The Hall–Kier alpha value is -3.35. The Bertz CT molecular complexity index is 1000. The number of rotatable bonds is 8. The maximum Gasteiger partial charge on any atom is 0.253 e. The topological polar surface area (TPSA) is 62.8 Å². The van der Waals surface area contributed by atoms with E-state index in [1.807, 2.05) is 66.7 Å². The normalized spacial score (nSPS) is 15.0. The minimum Gasteiger partial charge on any atom is -0.497 e. The number of carbonyl (C=O) groups is 1. The molecule has 6 nitrogen and oxygen atoms in total. The third-order valence-corrected chi connectivity index (χ3v) is 5.67. The smallest absolute Gasteiger partial charge is 0.253 e. The van der Waals surface area contributed by atoms with E-state index in [-0.39, 0.29) is 11.9 Å². The molecule has 6 heteroatoms. The van der Waals surface area contributed by atoms with Crippen molar-refractivity contribution in [3.63, 3.8) is 0 Å². The molecule has 0 aromatic heterocycles. The molecule has 1 amide bonds. The van der Waals surface area contributed by atoms with Gasteiger partial charge < -0.3 is 20.1 Å². The average molecular weight is 432 g/mol. The van der Waals surface area contributed by atoms with Gasteiger partial charge >= 0.3 is 0 Å². The summed E-state index contributed by atoms with van der Waals surface area (Å²) in [6.07, 6.45) is 0. The number of morpholine rings is 1. The van der Waals surface area contributed by atoms with Crippen LogP contribution in [-0.4, -0.2) is 50.8 Å². The molecular weight excluding hydrogens is 402 g/mol. The van der Waals surface area contributed by atoms with Gasteiger partial charge in [0.1, 0.15) is 5.75 Å². The number of nitrogens with zero attached hydrogens (tertiary/aromatic N) is 1. The van der Waals surface area contributed by atoms with Crippen LogP contribution in [0.2, 0.25) is 0 Å². The average Bonchev–Trinajstić information content (AvgIpc) is 2.86. The van der Waals surface area contributed by atoms with E-state index < -0.39 is 0 Å². The van der Waals surface area contributed by atoms with Crippen molar-refractivity contribution in [2.75, 3.05) is 45.3 Å². The zero-order valence-corrected chi connectivity index (χ0v) is 18.3. The summed E-state index contributed by atoms with van der Waals surface area (Å²) < 4.78 is 10.7. The molecule has 3 aromatic rings. The number of nitrogens with one attached hydrogen (secondary N) is 2. The van der Waals surface area contributed by atoms with Crippen molar-refractivity contribution in [1.29, 1.82) is 0 Å². The van der Waals surface area contributed by atoms with E-state index in [2.05, 4.69) is 27.7 Å². The highest BCUT2D eigenvalue weighted by molar-refractivity contribution is 6.00. The maximum absolute atomic E-state index is 13.2. The summed E-state index contributed by atoms with van der Waals surface area (Å²) in [6.45, 7) is 3.66. The summed E-state index contributed by atoms with van der Waals surface area (Å²) in [5, 5.41) is 6.50. The third kappa shape index (κ3) is 5.46. The predicted molar refractivity (Wildman–Crippen MR) is 127 cm³/mol. The van der Waals surface area contributed by atoms with E-state index in [0.717, 1.165) is 30.2 Å². The Morgan fingerprint density at radius 3 is 2.38 bits per heavy atom. The van der Waals surface area contributed by atoms with Crippen LogP contribution in [-0.2, 0) is 4.74 Å². The fourth-order valence-electron chi connectivity index (χ4n) is 3.93. The van der Waals surface area contributed by atoms with Gasteiger partial charge in [-0.15, -0.1) is 0 Å². The van der Waals surface area contributed by atoms with Crippen LogP contribution in [0.15, 0.2) is 78.9 Å². The molecule has 3 aromatic carbocycles. The van der Waals surface area contributed by atoms with E-state index >= 15 is 0 Å². The van der Waals surface area contributed by atoms with Gasteiger partial charge in [-0.2, -0.15) is 0 Å². The number of carbonyl (C=O) groups excluding carboxylic acids is 1. The Morgan fingerprint density at radius 1 is 0.969 bits per heavy atom. The number of ether oxygens (including phenoxy) is 2. The van der Waals surface area contributed by atoms with Crippen LogP contribution in [0.1, 0.15) is 22.0 Å². The molecule has 0 saturated carbocycles. The van der Waals surface area contributed by atoms with Crippen LogP contribution < -0.4 is 15.4 Å². The molecular formula is C26H29N3O3. The lowest BCUT2D eigenvalue weighted by Gasteiger charge is -2.35. The molecule has 2 N–H and O–H groups in total. The Labute approximate surface area is 189 Å². The molecule has 0 spiro atoms. The van der Waals surface area contributed by atoms with Crippen molar-refractivity contribution in [3.8, 4) is 5.75 Å². The molecule has 1 aliphatic rings. The standard InChI is InChI=1S/C26H29N3O3/c1-31-22-13-11-21(12-14-22)28-24-10-6-5-9-23(24)26(30)27-19-25(20-7-3-2-4-8-20)29-15-17-32-18-16-29/h2-14,25,28H,15-19H2,1H3,(H,27,30). The predicted octanol–water partition coefficient (Wildman–Crippen LogP) is 4.24. The number of para-hydroxylation sites is 1. The summed E-state index contributed by atoms with van der Waals surface area (Å²) >= 11 is 0. The molecule has 32 heavy (non-hydrogen) atoms. The van der Waals surface area contributed by atoms with Crippen molar-refractivity contribution in [3.05, 3.63) is 90.0 Å². The van der Waals surface area contributed by atoms with Crippen LogP contribution in [0, 0.1) is 0 Å². The van der Waals surface area contributed by atoms with Crippen molar-refractivity contribution >= 4 is 17.3 Å². The van der Waals surface area contributed by atoms with Gasteiger partial charge in [-0.3, -0.25) is 9.69 Å². The fourth-order valence-corrected chi connectivity index (χ4v) is 3.93. The van der Waals surface area contributed by atoms with Gasteiger partial charge in [0, 0.05) is 25.3 Å². The lowest BCUT2D eigenvalue weighted by molar-refractivity contribution is 0.0162. The zero-order chi connectivity index (χ0) is 22.2. The largest absolute Gasteiger partial charge is 0.497 e. The first-order chi connectivity index (χ1) is 15.7. The number of methoxy groups -OCH3 is 1. The molecule has 166 valence electrons. The second kappa shape index (κ2) is 10.8. The Morgan fingerprint density at radius 2 is 1.66 bits per heavy atom. The van der Waals surface area contributed by atoms with Crippen LogP contribution in [0.4, 0.5) is 11.4 Å². The van der Waals surface area contributed by atoms with Crippen LogP contribution in [0.25, 0.3) is 0 Å². The fraction of sp³-hybridized carbons (Fsp3) is 0.269. The van der Waals surface area contributed by atoms with Crippen molar-refractivity contribution in [1.82, 2.24) is 10.2 Å². The van der Waals surface area contributed by atoms with Gasteiger partial charge in [0.05, 0.1) is 37.6 Å². The minimum atomic E-state index is -0.101. The highest BCUT2D eigenvalue weighted by Crippen LogP contribution is 2.24. The molecule has 0 bridgehead atoms. The molecule has 1 atom stereocenters. The molecule has 1 heterocycles. The second-order valence-electron chi connectivity index (χ2n) is 7.68. The van der Waals surface area contributed by atoms with E-state index in [9.17, 15) is 4.79 Å². The van der Waals surface area contributed by atoms with Gasteiger partial charge in [0.15, 0.2) is 0 Å². The maximum atomic E-state index is 13.2. The first-order valence-corrected chi connectivity index (χ1v) is 10.9.